The lowest BCUT2D eigenvalue weighted by Crippen LogP contribution is -1.75. The van der Waals surface area contributed by atoms with Crippen molar-refractivity contribution in [3.05, 3.63) is 27.7 Å². The molecule has 3 heteroatoms. The molecule has 0 aliphatic heterocycles. The predicted octanol–water partition coefficient (Wildman–Crippen LogP) is 3.45. The summed E-state index contributed by atoms with van der Waals surface area (Å²) >= 11 is 11.3. The third-order valence-corrected chi connectivity index (χ3v) is 2.04. The van der Waals surface area contributed by atoms with Crippen molar-refractivity contribution in [2.45, 2.75) is 6.92 Å². The van der Waals surface area contributed by atoms with E-state index in [-0.39, 0.29) is 5.75 Å². The third kappa shape index (κ3) is 1.36. The summed E-state index contributed by atoms with van der Waals surface area (Å²) in [5.41, 5.74) is 0.753. The fraction of sp³-hybridized carbons (Fsp3) is 0.143. The predicted molar refractivity (Wildman–Crippen MR) is 41.3 cm³/mol. The van der Waals surface area contributed by atoms with Crippen LogP contribution in [0.4, 0.5) is 0 Å². The number of benzene rings is 1. The van der Waals surface area contributed by atoms with Crippen molar-refractivity contribution in [1.29, 1.82) is 0 Å². The highest BCUT2D eigenvalue weighted by atomic mass is 35.5. The average molecular weight is 176 g/mol. The maximum atomic E-state index is 10.7. The van der Waals surface area contributed by atoms with E-state index >= 15 is 0 Å². The van der Waals surface area contributed by atoms with Crippen LogP contribution in [0, 0.1) is 6.92 Å². The van der Waals surface area contributed by atoms with E-state index in [1.165, 1.54) is 12.1 Å². The van der Waals surface area contributed by atoms with Crippen LogP contribution in [0.25, 0.3) is 0 Å². The third-order valence-electron chi connectivity index (χ3n) is 1.25. The zero-order valence-electron chi connectivity index (χ0n) is 5.32. The second kappa shape index (κ2) is 2.69. The molecule has 53 valence electrons. The molecular weight excluding hydrogens is 171 g/mol. The van der Waals surface area contributed by atoms with Crippen LogP contribution in [0.1, 0.15) is 5.56 Å². The zero-order chi connectivity index (χ0) is 7.72. The van der Waals surface area contributed by atoms with Crippen molar-refractivity contribution in [2.75, 3.05) is 0 Å². The van der Waals surface area contributed by atoms with Crippen LogP contribution in [-0.2, 0) is 5.11 Å². The summed E-state index contributed by atoms with van der Waals surface area (Å²) in [6.45, 7) is 1.77. The molecule has 0 atom stereocenters. The minimum Gasteiger partial charge on any atom is -0.290 e. The van der Waals surface area contributed by atoms with Gasteiger partial charge in [-0.05, 0) is 12.5 Å². The fourth-order valence-corrected chi connectivity index (χ4v) is 1.09. The highest BCUT2D eigenvalue weighted by molar-refractivity contribution is 6.36. The SMILES string of the molecule is Cc1c(Cl)cc([O])cc1Cl. The first-order valence-electron chi connectivity index (χ1n) is 2.74. The molecule has 0 saturated carbocycles. The molecule has 0 heterocycles. The van der Waals surface area contributed by atoms with E-state index in [0.29, 0.717) is 10.0 Å². The highest BCUT2D eigenvalue weighted by Gasteiger charge is 2.02. The Morgan fingerprint density at radius 3 is 2.00 bits per heavy atom. The molecule has 0 saturated heterocycles. The molecule has 1 aromatic carbocycles. The topological polar surface area (TPSA) is 19.9 Å². The van der Waals surface area contributed by atoms with Crippen molar-refractivity contribution in [3.63, 3.8) is 0 Å². The molecule has 0 spiro atoms. The number of hydrogen-bond acceptors (Lipinski definition) is 0. The van der Waals surface area contributed by atoms with Crippen molar-refractivity contribution in [1.82, 2.24) is 0 Å². The first-order chi connectivity index (χ1) is 4.61. The minimum atomic E-state index is -0.152. The summed E-state index contributed by atoms with van der Waals surface area (Å²) in [6, 6.07) is 2.70. The van der Waals surface area contributed by atoms with Gasteiger partial charge in [-0.15, -0.1) is 0 Å². The first-order valence-corrected chi connectivity index (χ1v) is 3.49. The molecule has 1 rings (SSSR count). The van der Waals surface area contributed by atoms with E-state index in [9.17, 15) is 5.11 Å². The van der Waals surface area contributed by atoms with Crippen molar-refractivity contribution < 1.29 is 5.11 Å². The maximum Gasteiger partial charge on any atom is 0.181 e. The lowest BCUT2D eigenvalue weighted by Gasteiger charge is -1.98. The van der Waals surface area contributed by atoms with Crippen LogP contribution in [0.2, 0.25) is 10.0 Å². The maximum absolute atomic E-state index is 10.7. The van der Waals surface area contributed by atoms with Crippen LogP contribution >= 0.6 is 23.2 Å². The minimum absolute atomic E-state index is 0.152. The van der Waals surface area contributed by atoms with Gasteiger partial charge in [-0.2, -0.15) is 0 Å². The van der Waals surface area contributed by atoms with Crippen molar-refractivity contribution >= 4 is 23.2 Å². The van der Waals surface area contributed by atoms with Gasteiger partial charge in [0.1, 0.15) is 0 Å². The molecule has 0 amide bonds. The standard InChI is InChI=1S/C7H5Cl2O/c1-4-6(8)2-5(10)3-7(4)9/h2-3H,1H3. The van der Waals surface area contributed by atoms with E-state index in [0.717, 1.165) is 5.56 Å². The van der Waals surface area contributed by atoms with Crippen LogP contribution in [0.3, 0.4) is 0 Å². The molecule has 1 nitrogen and oxygen atoms in total. The molecule has 0 aromatic heterocycles. The number of halogens is 2. The molecule has 0 fully saturated rings. The van der Waals surface area contributed by atoms with Crippen LogP contribution in [-0.4, -0.2) is 0 Å². The van der Waals surface area contributed by atoms with Gasteiger partial charge in [0.05, 0.1) is 0 Å². The summed E-state index contributed by atoms with van der Waals surface area (Å²) in [4.78, 5) is 0. The van der Waals surface area contributed by atoms with Gasteiger partial charge < -0.3 is 0 Å². The van der Waals surface area contributed by atoms with Crippen molar-refractivity contribution in [2.24, 2.45) is 0 Å². The summed E-state index contributed by atoms with van der Waals surface area (Å²) in [6.07, 6.45) is 0. The number of rotatable bonds is 0. The van der Waals surface area contributed by atoms with Crippen LogP contribution in [0.5, 0.6) is 5.75 Å². The second-order valence-corrected chi connectivity index (χ2v) is 2.83. The van der Waals surface area contributed by atoms with Crippen molar-refractivity contribution in [3.8, 4) is 5.75 Å². The summed E-state index contributed by atoms with van der Waals surface area (Å²) in [7, 11) is 0. The first kappa shape index (κ1) is 7.70. The summed E-state index contributed by atoms with van der Waals surface area (Å²) < 4.78 is 0. The Hall–Kier alpha value is -0.400. The normalized spacial score (nSPS) is 9.90. The lowest BCUT2D eigenvalue weighted by atomic mass is 10.2. The Morgan fingerprint density at radius 1 is 1.20 bits per heavy atom. The zero-order valence-corrected chi connectivity index (χ0v) is 6.83. The highest BCUT2D eigenvalue weighted by Crippen LogP contribution is 2.28. The Labute approximate surface area is 69.2 Å². The largest absolute Gasteiger partial charge is 0.290 e. The van der Waals surface area contributed by atoms with Gasteiger partial charge in [0.15, 0.2) is 5.75 Å². The quantitative estimate of drug-likeness (QED) is 0.576. The Balaban J connectivity index is 3.31. The Bertz CT molecular complexity index is 235. The van der Waals surface area contributed by atoms with Gasteiger partial charge in [-0.25, -0.2) is 0 Å². The van der Waals surface area contributed by atoms with Gasteiger partial charge in [-0.1, -0.05) is 23.2 Å². The monoisotopic (exact) mass is 175 g/mol. The molecule has 0 N–H and O–H groups in total. The smallest absolute Gasteiger partial charge is 0.181 e. The van der Waals surface area contributed by atoms with Crippen LogP contribution < -0.4 is 0 Å². The molecule has 10 heavy (non-hydrogen) atoms. The molecule has 1 aromatic rings. The fourth-order valence-electron chi connectivity index (χ4n) is 0.622. The van der Waals surface area contributed by atoms with Gasteiger partial charge in [-0.3, -0.25) is 5.11 Å². The summed E-state index contributed by atoms with van der Waals surface area (Å²) in [5, 5.41) is 11.6. The van der Waals surface area contributed by atoms with E-state index in [1.54, 1.807) is 6.92 Å². The second-order valence-electron chi connectivity index (χ2n) is 2.01. The molecule has 0 unspecified atom stereocenters. The average Bonchev–Trinajstić information content (AvgIpc) is 1.82. The van der Waals surface area contributed by atoms with Gasteiger partial charge in [0, 0.05) is 22.2 Å². The lowest BCUT2D eigenvalue weighted by molar-refractivity contribution is 0.355. The molecule has 0 aliphatic rings. The Morgan fingerprint density at radius 2 is 1.60 bits per heavy atom. The van der Waals surface area contributed by atoms with E-state index in [2.05, 4.69) is 0 Å². The molecule has 0 aliphatic carbocycles. The van der Waals surface area contributed by atoms with Gasteiger partial charge >= 0.3 is 0 Å². The Kier molecular flexibility index (Phi) is 2.07. The summed E-state index contributed by atoms with van der Waals surface area (Å²) in [5.74, 6) is -0.152. The van der Waals surface area contributed by atoms with E-state index < -0.39 is 0 Å². The van der Waals surface area contributed by atoms with Gasteiger partial charge in [0.25, 0.3) is 0 Å². The molecule has 1 radical (unpaired) electrons. The number of hydrogen-bond donors (Lipinski definition) is 0. The van der Waals surface area contributed by atoms with E-state index in [4.69, 9.17) is 23.2 Å². The molecular formula is C7H5Cl2O. The van der Waals surface area contributed by atoms with Crippen LogP contribution in [0.15, 0.2) is 12.1 Å². The van der Waals surface area contributed by atoms with E-state index in [1.807, 2.05) is 0 Å². The molecule has 0 bridgehead atoms. The van der Waals surface area contributed by atoms with Gasteiger partial charge in [0.2, 0.25) is 0 Å².